The van der Waals surface area contributed by atoms with Gasteiger partial charge in [-0.2, -0.15) is 0 Å². The minimum atomic E-state index is -1.05. The van der Waals surface area contributed by atoms with Crippen LogP contribution in [0, 0.1) is 5.92 Å². The van der Waals surface area contributed by atoms with Gasteiger partial charge in [-0.3, -0.25) is 9.59 Å². The zero-order valence-electron chi connectivity index (χ0n) is 10.2. The van der Waals surface area contributed by atoms with Crippen LogP contribution in [0.2, 0.25) is 0 Å². The summed E-state index contributed by atoms with van der Waals surface area (Å²) >= 11 is 0. The Hall–Kier alpha value is -2.04. The number of methoxy groups -OCH3 is 2. The van der Waals surface area contributed by atoms with Crippen molar-refractivity contribution >= 4 is 11.9 Å². The molecule has 0 radical (unpaired) electrons. The Balaban J connectivity index is 2.20. The van der Waals surface area contributed by atoms with Crippen molar-refractivity contribution in [2.24, 2.45) is 5.92 Å². The topological polar surface area (TPSA) is 61.8 Å². The van der Waals surface area contributed by atoms with E-state index in [1.165, 1.54) is 14.2 Å². The normalized spacial score (nSPS) is 16.9. The van der Waals surface area contributed by atoms with E-state index in [0.29, 0.717) is 12.2 Å². The summed E-state index contributed by atoms with van der Waals surface area (Å²) < 4.78 is 14.9. The van der Waals surface area contributed by atoms with Crippen molar-refractivity contribution in [1.82, 2.24) is 0 Å². The Bertz CT molecular complexity index is 427. The number of ether oxygens (including phenoxy) is 3. The fraction of sp³-hybridized carbons (Fsp3) is 0.385. The van der Waals surface area contributed by atoms with E-state index in [2.05, 4.69) is 9.47 Å². The first kappa shape index (κ1) is 12.4. The fourth-order valence-electron chi connectivity index (χ4n) is 2.05. The average molecular weight is 250 g/mol. The van der Waals surface area contributed by atoms with Crippen LogP contribution in [0.5, 0.6) is 5.75 Å². The molecule has 0 fully saturated rings. The quantitative estimate of drug-likeness (QED) is 0.590. The van der Waals surface area contributed by atoms with Gasteiger partial charge in [0.25, 0.3) is 0 Å². The molecule has 0 saturated carbocycles. The Labute approximate surface area is 105 Å². The van der Waals surface area contributed by atoms with E-state index in [9.17, 15) is 9.59 Å². The third-order valence-electron chi connectivity index (χ3n) is 2.95. The molecule has 1 aliphatic rings. The lowest BCUT2D eigenvalue weighted by Crippen LogP contribution is -2.39. The number of hydrogen-bond donors (Lipinski definition) is 0. The first-order chi connectivity index (χ1) is 8.67. The molecule has 0 aliphatic carbocycles. The molecule has 0 saturated heterocycles. The van der Waals surface area contributed by atoms with Crippen molar-refractivity contribution in [2.45, 2.75) is 12.5 Å². The predicted octanol–water partition coefficient (Wildman–Crippen LogP) is 0.952. The Kier molecular flexibility index (Phi) is 3.50. The zero-order chi connectivity index (χ0) is 13.1. The second kappa shape index (κ2) is 5.08. The maximum atomic E-state index is 11.6. The summed E-state index contributed by atoms with van der Waals surface area (Å²) in [6, 6.07) is 7.43. The average Bonchev–Trinajstić information content (AvgIpc) is 2.81. The Morgan fingerprint density at radius 2 is 1.83 bits per heavy atom. The highest BCUT2D eigenvalue weighted by Crippen LogP contribution is 2.32. The van der Waals surface area contributed by atoms with Crippen molar-refractivity contribution in [3.8, 4) is 5.75 Å². The maximum Gasteiger partial charge on any atom is 0.323 e. The maximum absolute atomic E-state index is 11.6. The highest BCUT2D eigenvalue weighted by Gasteiger charge is 2.41. The molecule has 1 heterocycles. The molecule has 5 nitrogen and oxygen atoms in total. The summed E-state index contributed by atoms with van der Waals surface area (Å²) in [5.74, 6) is -1.63. The number of esters is 2. The van der Waals surface area contributed by atoms with Crippen molar-refractivity contribution in [1.29, 1.82) is 0 Å². The molecule has 0 aromatic heterocycles. The zero-order valence-corrected chi connectivity index (χ0v) is 10.2. The molecular weight excluding hydrogens is 236 g/mol. The van der Waals surface area contributed by atoms with Crippen molar-refractivity contribution in [3.63, 3.8) is 0 Å². The summed E-state index contributed by atoms with van der Waals surface area (Å²) in [6.07, 6.45) is -0.0762. The highest BCUT2D eigenvalue weighted by atomic mass is 16.6. The fourth-order valence-corrected chi connectivity index (χ4v) is 2.05. The molecule has 1 aromatic rings. The Morgan fingerprint density at radius 1 is 1.22 bits per heavy atom. The lowest BCUT2D eigenvalue weighted by atomic mass is 9.98. The van der Waals surface area contributed by atoms with E-state index < -0.39 is 24.0 Å². The smallest absolute Gasteiger partial charge is 0.323 e. The number of para-hydroxylation sites is 1. The summed E-state index contributed by atoms with van der Waals surface area (Å²) in [4.78, 5) is 23.3. The van der Waals surface area contributed by atoms with E-state index >= 15 is 0 Å². The molecule has 1 atom stereocenters. The molecule has 0 N–H and O–H groups in total. The van der Waals surface area contributed by atoms with E-state index in [4.69, 9.17) is 4.74 Å². The van der Waals surface area contributed by atoms with Gasteiger partial charge in [-0.05, 0) is 11.6 Å². The van der Waals surface area contributed by atoms with Gasteiger partial charge in [0, 0.05) is 6.42 Å². The van der Waals surface area contributed by atoms with Crippen molar-refractivity contribution in [2.75, 3.05) is 14.2 Å². The molecule has 1 aliphatic heterocycles. The van der Waals surface area contributed by atoms with E-state index in [1.807, 2.05) is 18.2 Å². The van der Waals surface area contributed by atoms with Crippen molar-refractivity contribution < 1.29 is 23.8 Å². The number of benzene rings is 1. The molecule has 2 rings (SSSR count). The van der Waals surface area contributed by atoms with Crippen molar-refractivity contribution in [3.05, 3.63) is 29.8 Å². The first-order valence-electron chi connectivity index (χ1n) is 5.57. The number of hydrogen-bond acceptors (Lipinski definition) is 5. The van der Waals surface area contributed by atoms with E-state index in [1.54, 1.807) is 6.07 Å². The highest BCUT2D eigenvalue weighted by molar-refractivity contribution is 5.95. The molecule has 96 valence electrons. The minimum absolute atomic E-state index is 0.491. The van der Waals surface area contributed by atoms with Gasteiger partial charge in [0.1, 0.15) is 11.9 Å². The second-order valence-corrected chi connectivity index (χ2v) is 3.99. The summed E-state index contributed by atoms with van der Waals surface area (Å²) in [5, 5.41) is 0. The lowest BCUT2D eigenvalue weighted by Gasteiger charge is -2.18. The summed E-state index contributed by atoms with van der Waals surface area (Å²) in [5.41, 5.74) is 0.973. The van der Waals surface area contributed by atoms with E-state index in [0.717, 1.165) is 5.56 Å². The van der Waals surface area contributed by atoms with Gasteiger partial charge >= 0.3 is 11.9 Å². The monoisotopic (exact) mass is 250 g/mol. The summed E-state index contributed by atoms with van der Waals surface area (Å²) in [7, 11) is 2.47. The summed E-state index contributed by atoms with van der Waals surface area (Å²) in [6.45, 7) is 0. The van der Waals surface area contributed by atoms with Crippen LogP contribution in [0.15, 0.2) is 24.3 Å². The molecule has 18 heavy (non-hydrogen) atoms. The molecule has 1 unspecified atom stereocenters. The standard InChI is InChI=1S/C13H14O5/c1-16-12(14)11(13(15)17-2)10-7-8-5-3-4-6-9(8)18-10/h3-6,10-11H,7H2,1-2H3. The van der Waals surface area contributed by atoms with Gasteiger partial charge < -0.3 is 14.2 Å². The van der Waals surface area contributed by atoms with Gasteiger partial charge in [0.2, 0.25) is 0 Å². The number of carbonyl (C=O) groups is 2. The third kappa shape index (κ3) is 2.16. The van der Waals surface area contributed by atoms with E-state index in [-0.39, 0.29) is 0 Å². The molecular formula is C13H14O5. The largest absolute Gasteiger partial charge is 0.488 e. The van der Waals surface area contributed by atoms with Crippen LogP contribution < -0.4 is 4.74 Å². The van der Waals surface area contributed by atoms with Gasteiger partial charge in [-0.15, -0.1) is 0 Å². The van der Waals surface area contributed by atoms with Gasteiger partial charge in [0.15, 0.2) is 5.92 Å². The van der Waals surface area contributed by atoms with Crippen LogP contribution >= 0.6 is 0 Å². The van der Waals surface area contributed by atoms with Crippen LogP contribution in [0.4, 0.5) is 0 Å². The van der Waals surface area contributed by atoms with Gasteiger partial charge in [0.05, 0.1) is 14.2 Å². The molecule has 0 bridgehead atoms. The predicted molar refractivity (Wildman–Crippen MR) is 62.1 cm³/mol. The van der Waals surface area contributed by atoms with Crippen LogP contribution in [0.3, 0.4) is 0 Å². The number of carbonyl (C=O) groups excluding carboxylic acids is 2. The van der Waals surface area contributed by atoms with Crippen LogP contribution in [-0.2, 0) is 25.5 Å². The lowest BCUT2D eigenvalue weighted by molar-refractivity contribution is -0.162. The van der Waals surface area contributed by atoms with Gasteiger partial charge in [-0.1, -0.05) is 18.2 Å². The molecule has 1 aromatic carbocycles. The third-order valence-corrected chi connectivity index (χ3v) is 2.95. The molecule has 0 amide bonds. The molecule has 0 spiro atoms. The van der Waals surface area contributed by atoms with Crippen LogP contribution in [0.25, 0.3) is 0 Å². The van der Waals surface area contributed by atoms with Gasteiger partial charge in [-0.25, -0.2) is 0 Å². The minimum Gasteiger partial charge on any atom is -0.488 e. The second-order valence-electron chi connectivity index (χ2n) is 3.99. The van der Waals surface area contributed by atoms with Crippen LogP contribution in [-0.4, -0.2) is 32.3 Å². The van der Waals surface area contributed by atoms with Crippen LogP contribution in [0.1, 0.15) is 5.56 Å². The number of rotatable bonds is 3. The first-order valence-corrected chi connectivity index (χ1v) is 5.57. The number of fused-ring (bicyclic) bond motifs is 1. The SMILES string of the molecule is COC(=O)C(C(=O)OC)C1Cc2ccccc2O1. The Morgan fingerprint density at radius 3 is 2.39 bits per heavy atom. The molecule has 5 heteroatoms.